The van der Waals surface area contributed by atoms with Gasteiger partial charge < -0.3 is 10.2 Å². The molecule has 0 aliphatic rings. The number of benzene rings is 3. The van der Waals surface area contributed by atoms with Crippen LogP contribution in [0.25, 0.3) is 0 Å². The molecule has 4 heteroatoms. The first-order valence-corrected chi connectivity index (χ1v) is 9.40. The molecule has 0 radical (unpaired) electrons. The molecule has 0 heterocycles. The minimum atomic E-state index is -0.194. The minimum absolute atomic E-state index is 0.123. The van der Waals surface area contributed by atoms with E-state index in [0.29, 0.717) is 24.2 Å². The van der Waals surface area contributed by atoms with Crippen molar-refractivity contribution in [3.63, 3.8) is 0 Å². The topological polar surface area (TPSA) is 49.4 Å². The highest BCUT2D eigenvalue weighted by Crippen LogP contribution is 2.17. The van der Waals surface area contributed by atoms with Crippen LogP contribution in [0.2, 0.25) is 0 Å². The van der Waals surface area contributed by atoms with E-state index in [1.54, 1.807) is 29.2 Å². The second-order valence-electron chi connectivity index (χ2n) is 6.57. The number of rotatable bonds is 6. The summed E-state index contributed by atoms with van der Waals surface area (Å²) in [5.41, 5.74) is 4.01. The Hall–Kier alpha value is -3.40. The smallest absolute Gasteiger partial charge is 0.258 e. The molecular formula is C24H24N2O2. The molecule has 28 heavy (non-hydrogen) atoms. The van der Waals surface area contributed by atoms with Gasteiger partial charge in [0.25, 0.3) is 11.8 Å². The predicted molar refractivity (Wildman–Crippen MR) is 113 cm³/mol. The fourth-order valence-corrected chi connectivity index (χ4v) is 3.09. The zero-order valence-electron chi connectivity index (χ0n) is 16.2. The molecule has 3 aromatic rings. The number of aryl methyl sites for hydroxylation is 1. The molecule has 0 aliphatic carbocycles. The van der Waals surface area contributed by atoms with Crippen LogP contribution in [0.4, 0.5) is 5.69 Å². The molecule has 3 aromatic carbocycles. The van der Waals surface area contributed by atoms with Gasteiger partial charge in [-0.1, -0.05) is 48.5 Å². The Balaban J connectivity index is 1.75. The highest BCUT2D eigenvalue weighted by molar-refractivity contribution is 6.07. The van der Waals surface area contributed by atoms with Gasteiger partial charge >= 0.3 is 0 Å². The summed E-state index contributed by atoms with van der Waals surface area (Å²) in [6.07, 6.45) is 0. The largest absolute Gasteiger partial charge is 0.348 e. The number of nitrogens with one attached hydrogen (secondary N) is 1. The van der Waals surface area contributed by atoms with E-state index >= 15 is 0 Å². The van der Waals surface area contributed by atoms with Crippen molar-refractivity contribution in [1.29, 1.82) is 0 Å². The second-order valence-corrected chi connectivity index (χ2v) is 6.57. The van der Waals surface area contributed by atoms with Crippen molar-refractivity contribution in [2.24, 2.45) is 0 Å². The van der Waals surface area contributed by atoms with Crippen molar-refractivity contribution >= 4 is 17.5 Å². The Kier molecular flexibility index (Phi) is 6.22. The Bertz CT molecular complexity index is 967. The molecule has 1 N–H and O–H groups in total. The Labute approximate surface area is 165 Å². The summed E-state index contributed by atoms with van der Waals surface area (Å²) in [5.74, 6) is -0.317. The highest BCUT2D eigenvalue weighted by atomic mass is 16.2. The maximum Gasteiger partial charge on any atom is 0.258 e. The molecule has 4 nitrogen and oxygen atoms in total. The normalized spacial score (nSPS) is 10.4. The quantitative estimate of drug-likeness (QED) is 0.688. The molecule has 0 spiro atoms. The first-order valence-electron chi connectivity index (χ1n) is 9.40. The number of hydrogen-bond donors (Lipinski definition) is 1. The maximum atomic E-state index is 13.0. The molecular weight excluding hydrogens is 348 g/mol. The Morgan fingerprint density at radius 1 is 0.857 bits per heavy atom. The lowest BCUT2D eigenvalue weighted by Crippen LogP contribution is -2.31. The molecule has 3 rings (SSSR count). The summed E-state index contributed by atoms with van der Waals surface area (Å²) >= 11 is 0. The Morgan fingerprint density at radius 2 is 1.54 bits per heavy atom. The summed E-state index contributed by atoms with van der Waals surface area (Å²) < 4.78 is 0. The van der Waals surface area contributed by atoms with Crippen LogP contribution < -0.4 is 10.2 Å². The maximum absolute atomic E-state index is 13.0. The number of carbonyl (C=O) groups excluding carboxylic acids is 2. The summed E-state index contributed by atoms with van der Waals surface area (Å²) in [7, 11) is 0. The number of amides is 2. The zero-order chi connectivity index (χ0) is 19.9. The van der Waals surface area contributed by atoms with Crippen molar-refractivity contribution in [2.75, 3.05) is 11.4 Å². The molecule has 0 aliphatic heterocycles. The average Bonchev–Trinajstić information content (AvgIpc) is 2.74. The monoisotopic (exact) mass is 372 g/mol. The molecule has 0 atom stereocenters. The molecule has 2 amide bonds. The fourth-order valence-electron chi connectivity index (χ4n) is 3.09. The third-order valence-electron chi connectivity index (χ3n) is 4.70. The number of anilines is 1. The van der Waals surface area contributed by atoms with Gasteiger partial charge in [-0.3, -0.25) is 9.59 Å². The van der Waals surface area contributed by atoms with Gasteiger partial charge in [-0.2, -0.15) is 0 Å². The van der Waals surface area contributed by atoms with Gasteiger partial charge in [0.15, 0.2) is 0 Å². The molecule has 0 fully saturated rings. The highest BCUT2D eigenvalue weighted by Gasteiger charge is 2.17. The van der Waals surface area contributed by atoms with Gasteiger partial charge in [0.2, 0.25) is 0 Å². The number of carbonyl (C=O) groups is 2. The number of nitrogens with zero attached hydrogens (tertiary/aromatic N) is 1. The lowest BCUT2D eigenvalue weighted by Gasteiger charge is -2.21. The summed E-state index contributed by atoms with van der Waals surface area (Å²) in [4.78, 5) is 27.2. The average molecular weight is 372 g/mol. The third-order valence-corrected chi connectivity index (χ3v) is 4.70. The number of hydrogen-bond acceptors (Lipinski definition) is 2. The minimum Gasteiger partial charge on any atom is -0.348 e. The van der Waals surface area contributed by atoms with E-state index in [1.165, 1.54) is 0 Å². The lowest BCUT2D eigenvalue weighted by molar-refractivity contribution is 0.0951. The molecule has 0 unspecified atom stereocenters. The predicted octanol–water partition coefficient (Wildman–Crippen LogP) is 4.59. The van der Waals surface area contributed by atoms with E-state index in [4.69, 9.17) is 0 Å². The van der Waals surface area contributed by atoms with Crippen molar-refractivity contribution in [2.45, 2.75) is 20.4 Å². The SMILES string of the molecule is CCN(C(=O)c1cccc(C(=O)NCc2ccccc2C)c1)c1ccccc1. The van der Waals surface area contributed by atoms with Crippen LogP contribution in [-0.2, 0) is 6.54 Å². The van der Waals surface area contributed by atoms with Crippen LogP contribution in [0.3, 0.4) is 0 Å². The van der Waals surface area contributed by atoms with E-state index in [9.17, 15) is 9.59 Å². The summed E-state index contributed by atoms with van der Waals surface area (Å²) in [6, 6.07) is 24.3. The summed E-state index contributed by atoms with van der Waals surface area (Å²) in [5, 5.41) is 2.93. The van der Waals surface area contributed by atoms with E-state index in [0.717, 1.165) is 16.8 Å². The van der Waals surface area contributed by atoms with Gasteiger partial charge in [-0.05, 0) is 55.3 Å². The van der Waals surface area contributed by atoms with E-state index in [-0.39, 0.29) is 11.8 Å². The van der Waals surface area contributed by atoms with Crippen LogP contribution in [0.15, 0.2) is 78.9 Å². The molecule has 0 bridgehead atoms. The van der Waals surface area contributed by atoms with Crippen LogP contribution in [0, 0.1) is 6.92 Å². The molecule has 142 valence electrons. The number of para-hydroxylation sites is 1. The zero-order valence-corrected chi connectivity index (χ0v) is 16.2. The van der Waals surface area contributed by atoms with Crippen LogP contribution in [0.5, 0.6) is 0 Å². The van der Waals surface area contributed by atoms with E-state index < -0.39 is 0 Å². The van der Waals surface area contributed by atoms with Crippen molar-refractivity contribution in [3.05, 3.63) is 101 Å². The lowest BCUT2D eigenvalue weighted by atomic mass is 10.1. The summed E-state index contributed by atoms with van der Waals surface area (Å²) in [6.45, 7) is 4.95. The fraction of sp³-hybridized carbons (Fsp3) is 0.167. The van der Waals surface area contributed by atoms with Crippen LogP contribution in [-0.4, -0.2) is 18.4 Å². The molecule has 0 saturated heterocycles. The van der Waals surface area contributed by atoms with Crippen molar-refractivity contribution < 1.29 is 9.59 Å². The van der Waals surface area contributed by atoms with E-state index in [1.807, 2.05) is 68.4 Å². The van der Waals surface area contributed by atoms with Crippen LogP contribution >= 0.6 is 0 Å². The molecule has 0 saturated carbocycles. The van der Waals surface area contributed by atoms with Crippen LogP contribution in [0.1, 0.15) is 38.8 Å². The third kappa shape index (κ3) is 4.46. The Morgan fingerprint density at radius 3 is 2.25 bits per heavy atom. The first kappa shape index (κ1) is 19.4. The van der Waals surface area contributed by atoms with Gasteiger partial charge in [0.05, 0.1) is 0 Å². The van der Waals surface area contributed by atoms with Gasteiger partial charge in [-0.15, -0.1) is 0 Å². The van der Waals surface area contributed by atoms with Gasteiger partial charge in [-0.25, -0.2) is 0 Å². The molecule has 0 aromatic heterocycles. The standard InChI is InChI=1S/C24H24N2O2/c1-3-26(22-14-5-4-6-15-22)24(28)20-13-9-12-19(16-20)23(27)25-17-21-11-8-7-10-18(21)2/h4-16H,3,17H2,1-2H3,(H,25,27). The van der Waals surface area contributed by atoms with Crippen molar-refractivity contribution in [1.82, 2.24) is 5.32 Å². The van der Waals surface area contributed by atoms with Crippen molar-refractivity contribution in [3.8, 4) is 0 Å². The van der Waals surface area contributed by atoms with Gasteiger partial charge in [0.1, 0.15) is 0 Å². The van der Waals surface area contributed by atoms with Gasteiger partial charge in [0, 0.05) is 29.9 Å². The first-order chi connectivity index (χ1) is 13.6. The van der Waals surface area contributed by atoms with E-state index in [2.05, 4.69) is 5.32 Å². The second kappa shape index (κ2) is 9.00.